The lowest BCUT2D eigenvalue weighted by Gasteiger charge is -2.05. The Morgan fingerprint density at radius 2 is 2.23 bits per heavy atom. The number of hydrogen-bond acceptors (Lipinski definition) is 2. The van der Waals surface area contributed by atoms with Gasteiger partial charge in [-0.1, -0.05) is 17.7 Å². The summed E-state index contributed by atoms with van der Waals surface area (Å²) in [6, 6.07) is 2.73. The zero-order valence-corrected chi connectivity index (χ0v) is 7.86. The molecule has 0 saturated heterocycles. The monoisotopic (exact) mass is 201 g/mol. The van der Waals surface area contributed by atoms with Crippen LogP contribution in [0.1, 0.15) is 15.9 Å². The zero-order valence-electron chi connectivity index (χ0n) is 7.10. The molecule has 4 heteroatoms. The number of hydrogen-bond donors (Lipinski definition) is 1. The summed E-state index contributed by atoms with van der Waals surface area (Å²) >= 11 is 5.62. The zero-order chi connectivity index (χ0) is 10.0. The van der Waals surface area contributed by atoms with Crippen molar-refractivity contribution in [2.24, 2.45) is 5.73 Å². The molecule has 2 N–H and O–H groups in total. The van der Waals surface area contributed by atoms with Gasteiger partial charge in [-0.2, -0.15) is 0 Å². The van der Waals surface area contributed by atoms with Crippen molar-refractivity contribution in [3.05, 3.63) is 34.1 Å². The summed E-state index contributed by atoms with van der Waals surface area (Å²) in [7, 11) is 0. The van der Waals surface area contributed by atoms with E-state index < -0.39 is 5.82 Å². The normalized spacial score (nSPS) is 10.2. The summed E-state index contributed by atoms with van der Waals surface area (Å²) in [6.07, 6.45) is 0. The topological polar surface area (TPSA) is 43.1 Å². The predicted molar refractivity (Wildman–Crippen MR) is 49.5 cm³/mol. The molecular formula is C9H9ClFNO. The molecule has 0 heterocycles. The van der Waals surface area contributed by atoms with E-state index in [0.29, 0.717) is 5.56 Å². The maximum absolute atomic E-state index is 12.9. The van der Waals surface area contributed by atoms with E-state index in [2.05, 4.69) is 0 Å². The summed E-state index contributed by atoms with van der Waals surface area (Å²) < 4.78 is 12.9. The Morgan fingerprint density at radius 3 is 2.77 bits per heavy atom. The number of Topliss-reactive ketones (excluding diaryl/α,β-unsaturated/α-hetero) is 1. The number of aryl methyl sites for hydroxylation is 1. The van der Waals surface area contributed by atoms with Gasteiger partial charge in [-0.05, 0) is 18.6 Å². The van der Waals surface area contributed by atoms with Crippen LogP contribution in [0.15, 0.2) is 12.1 Å². The number of halogens is 2. The Morgan fingerprint density at radius 1 is 1.62 bits per heavy atom. The van der Waals surface area contributed by atoms with Crippen LogP contribution in [0.5, 0.6) is 0 Å². The van der Waals surface area contributed by atoms with E-state index in [9.17, 15) is 9.18 Å². The first-order chi connectivity index (χ1) is 6.07. The fraction of sp³-hybridized carbons (Fsp3) is 0.222. The molecular weight excluding hydrogens is 193 g/mol. The lowest BCUT2D eigenvalue weighted by molar-refractivity contribution is 0.100. The number of nitrogens with two attached hydrogens (primary N) is 1. The molecule has 70 valence electrons. The van der Waals surface area contributed by atoms with Crippen LogP contribution < -0.4 is 5.73 Å². The van der Waals surface area contributed by atoms with Gasteiger partial charge >= 0.3 is 0 Å². The molecule has 1 aromatic rings. The minimum atomic E-state index is -0.593. The highest BCUT2D eigenvalue weighted by Gasteiger charge is 2.14. The fourth-order valence-electron chi connectivity index (χ4n) is 1.09. The van der Waals surface area contributed by atoms with Crippen LogP contribution in [0.25, 0.3) is 0 Å². The van der Waals surface area contributed by atoms with Gasteiger partial charge in [-0.3, -0.25) is 4.79 Å². The molecule has 0 atom stereocenters. The number of rotatable bonds is 2. The lowest BCUT2D eigenvalue weighted by Crippen LogP contribution is -2.15. The maximum Gasteiger partial charge on any atom is 0.178 e. The Bertz CT molecular complexity index is 352. The average Bonchev–Trinajstić information content (AvgIpc) is 2.12. The van der Waals surface area contributed by atoms with Crippen LogP contribution in [0.2, 0.25) is 5.02 Å². The number of carbonyl (C=O) groups is 1. The predicted octanol–water partition coefficient (Wildman–Crippen LogP) is 1.93. The molecule has 0 amide bonds. The third-order valence-electron chi connectivity index (χ3n) is 1.77. The Hall–Kier alpha value is -0.930. The molecule has 0 spiro atoms. The molecule has 0 radical (unpaired) electrons. The van der Waals surface area contributed by atoms with E-state index in [1.54, 1.807) is 6.92 Å². The van der Waals surface area contributed by atoms with E-state index in [1.807, 2.05) is 0 Å². The quantitative estimate of drug-likeness (QED) is 0.743. The van der Waals surface area contributed by atoms with Gasteiger partial charge in [0.2, 0.25) is 0 Å². The van der Waals surface area contributed by atoms with Crippen LogP contribution in [-0.2, 0) is 0 Å². The first-order valence-corrected chi connectivity index (χ1v) is 4.13. The highest BCUT2D eigenvalue weighted by Crippen LogP contribution is 2.23. The molecule has 13 heavy (non-hydrogen) atoms. The number of benzene rings is 1. The van der Waals surface area contributed by atoms with Gasteiger partial charge in [0.25, 0.3) is 0 Å². The van der Waals surface area contributed by atoms with Crippen molar-refractivity contribution in [1.82, 2.24) is 0 Å². The van der Waals surface area contributed by atoms with Gasteiger partial charge in [0.1, 0.15) is 5.82 Å². The molecule has 0 saturated carbocycles. The van der Waals surface area contributed by atoms with Crippen LogP contribution in [-0.4, -0.2) is 12.3 Å². The van der Waals surface area contributed by atoms with Crippen molar-refractivity contribution in [3.63, 3.8) is 0 Å². The lowest BCUT2D eigenvalue weighted by atomic mass is 10.0. The Kier molecular flexibility index (Phi) is 3.01. The average molecular weight is 202 g/mol. The summed E-state index contributed by atoms with van der Waals surface area (Å²) in [5.74, 6) is -0.939. The highest BCUT2D eigenvalue weighted by atomic mass is 35.5. The molecule has 0 bridgehead atoms. The van der Waals surface area contributed by atoms with Crippen molar-refractivity contribution in [2.45, 2.75) is 6.92 Å². The smallest absolute Gasteiger partial charge is 0.178 e. The van der Waals surface area contributed by atoms with Crippen LogP contribution in [0.3, 0.4) is 0 Å². The fourth-order valence-corrected chi connectivity index (χ4v) is 1.41. The number of carbonyl (C=O) groups excluding carboxylic acids is 1. The third kappa shape index (κ3) is 1.87. The molecule has 1 aromatic carbocycles. The largest absolute Gasteiger partial charge is 0.324 e. The van der Waals surface area contributed by atoms with Gasteiger partial charge < -0.3 is 5.73 Å². The molecule has 0 unspecified atom stereocenters. The summed E-state index contributed by atoms with van der Waals surface area (Å²) in [4.78, 5) is 11.2. The van der Waals surface area contributed by atoms with Crippen molar-refractivity contribution in [2.75, 3.05) is 6.54 Å². The molecule has 0 fully saturated rings. The van der Waals surface area contributed by atoms with E-state index in [4.69, 9.17) is 17.3 Å². The van der Waals surface area contributed by atoms with E-state index in [1.165, 1.54) is 12.1 Å². The maximum atomic E-state index is 12.9. The Balaban J connectivity index is 3.33. The van der Waals surface area contributed by atoms with Crippen LogP contribution in [0.4, 0.5) is 4.39 Å². The minimum Gasteiger partial charge on any atom is -0.324 e. The summed E-state index contributed by atoms with van der Waals surface area (Å²) in [6.45, 7) is 1.53. The van der Waals surface area contributed by atoms with Gasteiger partial charge in [0, 0.05) is 5.56 Å². The van der Waals surface area contributed by atoms with Crippen LogP contribution >= 0.6 is 11.6 Å². The minimum absolute atomic E-state index is 0.143. The van der Waals surface area contributed by atoms with E-state index >= 15 is 0 Å². The SMILES string of the molecule is Cc1ccc(F)c(Cl)c1C(=O)CN. The van der Waals surface area contributed by atoms with Crippen molar-refractivity contribution >= 4 is 17.4 Å². The molecule has 0 aromatic heterocycles. The standard InChI is InChI=1S/C9H9ClFNO/c1-5-2-3-6(11)9(10)8(5)7(13)4-12/h2-3H,4,12H2,1H3. The third-order valence-corrected chi connectivity index (χ3v) is 2.14. The van der Waals surface area contributed by atoms with Gasteiger partial charge in [-0.25, -0.2) is 4.39 Å². The van der Waals surface area contributed by atoms with Gasteiger partial charge in [0.05, 0.1) is 11.6 Å². The van der Waals surface area contributed by atoms with E-state index in [0.717, 1.165) is 0 Å². The van der Waals surface area contributed by atoms with Crippen LogP contribution in [0, 0.1) is 12.7 Å². The first-order valence-electron chi connectivity index (χ1n) is 3.75. The second kappa shape index (κ2) is 3.85. The number of ketones is 1. The molecule has 0 aliphatic rings. The van der Waals surface area contributed by atoms with Crippen molar-refractivity contribution in [1.29, 1.82) is 0 Å². The van der Waals surface area contributed by atoms with Crippen molar-refractivity contribution in [3.8, 4) is 0 Å². The molecule has 2 nitrogen and oxygen atoms in total. The van der Waals surface area contributed by atoms with Crippen molar-refractivity contribution < 1.29 is 9.18 Å². The molecule has 0 aliphatic carbocycles. The van der Waals surface area contributed by atoms with Gasteiger partial charge in [0.15, 0.2) is 5.78 Å². The first kappa shape index (κ1) is 10.2. The summed E-state index contributed by atoms with van der Waals surface area (Å²) in [5.41, 5.74) is 5.99. The second-order valence-corrected chi connectivity index (χ2v) is 3.06. The summed E-state index contributed by atoms with van der Waals surface area (Å²) in [5, 5.41) is -0.143. The second-order valence-electron chi connectivity index (χ2n) is 2.68. The highest BCUT2D eigenvalue weighted by molar-refractivity contribution is 6.34. The van der Waals surface area contributed by atoms with Gasteiger partial charge in [-0.15, -0.1) is 0 Å². The molecule has 0 aliphatic heterocycles. The van der Waals surface area contributed by atoms with E-state index in [-0.39, 0.29) is 22.9 Å². The molecule has 1 rings (SSSR count). The Labute approximate surface area is 80.5 Å².